The highest BCUT2D eigenvalue weighted by atomic mass is 79.9. The van der Waals surface area contributed by atoms with Crippen LogP contribution in [-0.4, -0.2) is 25.9 Å². The zero-order valence-electron chi connectivity index (χ0n) is 11.0. The second-order valence-corrected chi connectivity index (χ2v) is 5.82. The van der Waals surface area contributed by atoms with E-state index in [-0.39, 0.29) is 5.56 Å². The van der Waals surface area contributed by atoms with Gasteiger partial charge in [-0.2, -0.15) is 5.10 Å². The van der Waals surface area contributed by atoms with Gasteiger partial charge in [-0.15, -0.1) is 0 Å². The molecule has 1 saturated carbocycles. The average Bonchev–Trinajstić information content (AvgIpc) is 3.11. The summed E-state index contributed by atoms with van der Waals surface area (Å²) in [5.41, 5.74) is 0.673. The Bertz CT molecular complexity index is 633. The van der Waals surface area contributed by atoms with E-state index in [0.29, 0.717) is 16.9 Å². The van der Waals surface area contributed by atoms with Crippen molar-refractivity contribution in [2.45, 2.75) is 25.9 Å². The van der Waals surface area contributed by atoms with Crippen molar-refractivity contribution >= 4 is 21.6 Å². The summed E-state index contributed by atoms with van der Waals surface area (Å²) < 4.78 is 4.07. The molecule has 2 aromatic rings. The molecule has 0 atom stereocenters. The molecule has 1 aliphatic carbocycles. The second-order valence-electron chi connectivity index (χ2n) is 5.03. The first-order valence-corrected chi connectivity index (χ1v) is 7.48. The van der Waals surface area contributed by atoms with Crippen molar-refractivity contribution in [3.05, 3.63) is 39.7 Å². The van der Waals surface area contributed by atoms with Crippen LogP contribution in [0.15, 0.2) is 34.2 Å². The lowest BCUT2D eigenvalue weighted by molar-refractivity contribution is 0.531. The average molecular weight is 338 g/mol. The topological polar surface area (TPSA) is 64.7 Å². The lowest BCUT2D eigenvalue weighted by Gasteiger charge is -2.10. The SMILES string of the molecule is O=c1c(Br)c(NCCn2ccnc2)cnn1CC1CC1. The Kier molecular flexibility index (Phi) is 3.86. The van der Waals surface area contributed by atoms with E-state index in [9.17, 15) is 4.79 Å². The largest absolute Gasteiger partial charge is 0.381 e. The fourth-order valence-corrected chi connectivity index (χ4v) is 2.45. The molecule has 0 radical (unpaired) electrons. The van der Waals surface area contributed by atoms with Gasteiger partial charge in [0.05, 0.1) is 18.2 Å². The molecular weight excluding hydrogens is 322 g/mol. The van der Waals surface area contributed by atoms with Gasteiger partial charge < -0.3 is 9.88 Å². The van der Waals surface area contributed by atoms with Gasteiger partial charge >= 0.3 is 0 Å². The first-order valence-electron chi connectivity index (χ1n) is 6.69. The minimum Gasteiger partial charge on any atom is -0.381 e. The highest BCUT2D eigenvalue weighted by Crippen LogP contribution is 2.30. The summed E-state index contributed by atoms with van der Waals surface area (Å²) in [4.78, 5) is 16.1. The Hall–Kier alpha value is -1.63. The Morgan fingerprint density at radius 3 is 3.00 bits per heavy atom. The van der Waals surface area contributed by atoms with Crippen LogP contribution in [0.3, 0.4) is 0 Å². The van der Waals surface area contributed by atoms with E-state index in [1.54, 1.807) is 23.4 Å². The minimum atomic E-state index is -0.0652. The molecule has 6 nitrogen and oxygen atoms in total. The molecule has 7 heteroatoms. The Balaban J connectivity index is 1.64. The maximum atomic E-state index is 12.1. The summed E-state index contributed by atoms with van der Waals surface area (Å²) in [5.74, 6) is 0.632. The van der Waals surface area contributed by atoms with Crippen LogP contribution in [0, 0.1) is 5.92 Å². The number of nitrogens with one attached hydrogen (secondary N) is 1. The van der Waals surface area contributed by atoms with Crippen LogP contribution >= 0.6 is 15.9 Å². The van der Waals surface area contributed by atoms with E-state index in [4.69, 9.17) is 0 Å². The van der Waals surface area contributed by atoms with E-state index < -0.39 is 0 Å². The Morgan fingerprint density at radius 1 is 1.45 bits per heavy atom. The molecule has 3 rings (SSSR count). The summed E-state index contributed by atoms with van der Waals surface area (Å²) >= 11 is 3.37. The molecule has 106 valence electrons. The van der Waals surface area contributed by atoms with E-state index in [0.717, 1.165) is 18.8 Å². The normalized spacial score (nSPS) is 14.4. The van der Waals surface area contributed by atoms with Crippen molar-refractivity contribution < 1.29 is 0 Å². The molecule has 1 N–H and O–H groups in total. The highest BCUT2D eigenvalue weighted by molar-refractivity contribution is 9.10. The van der Waals surface area contributed by atoms with E-state index in [1.165, 1.54) is 12.8 Å². The van der Waals surface area contributed by atoms with Gasteiger partial charge in [0.15, 0.2) is 0 Å². The number of hydrogen-bond donors (Lipinski definition) is 1. The van der Waals surface area contributed by atoms with Crippen LogP contribution in [0.4, 0.5) is 5.69 Å². The van der Waals surface area contributed by atoms with Crippen LogP contribution in [0.2, 0.25) is 0 Å². The number of rotatable bonds is 6. The highest BCUT2D eigenvalue weighted by Gasteiger charge is 2.23. The molecule has 20 heavy (non-hydrogen) atoms. The lowest BCUT2D eigenvalue weighted by atomic mass is 10.4. The molecule has 0 bridgehead atoms. The van der Waals surface area contributed by atoms with E-state index >= 15 is 0 Å². The molecule has 1 fully saturated rings. The van der Waals surface area contributed by atoms with Crippen molar-refractivity contribution in [1.82, 2.24) is 19.3 Å². The van der Waals surface area contributed by atoms with Gasteiger partial charge in [0.2, 0.25) is 0 Å². The molecule has 0 saturated heterocycles. The molecule has 2 aromatic heterocycles. The Labute approximate surface area is 125 Å². The first kappa shape index (κ1) is 13.4. The maximum Gasteiger partial charge on any atom is 0.283 e. The predicted octanol–water partition coefficient (Wildman–Crippen LogP) is 1.72. The maximum absolute atomic E-state index is 12.1. The molecule has 0 aromatic carbocycles. The van der Waals surface area contributed by atoms with Crippen molar-refractivity contribution in [3.63, 3.8) is 0 Å². The number of anilines is 1. The first-order chi connectivity index (χ1) is 9.74. The van der Waals surface area contributed by atoms with Gasteiger partial charge in [-0.3, -0.25) is 4.79 Å². The third-order valence-electron chi connectivity index (χ3n) is 3.36. The monoisotopic (exact) mass is 337 g/mol. The fraction of sp³-hybridized carbons (Fsp3) is 0.462. The third kappa shape index (κ3) is 3.09. The molecule has 2 heterocycles. The Morgan fingerprint density at radius 2 is 2.30 bits per heavy atom. The van der Waals surface area contributed by atoms with Crippen LogP contribution < -0.4 is 10.9 Å². The lowest BCUT2D eigenvalue weighted by Crippen LogP contribution is -2.25. The van der Waals surface area contributed by atoms with Crippen LogP contribution in [0.1, 0.15) is 12.8 Å². The van der Waals surface area contributed by atoms with Gasteiger partial charge in [0.1, 0.15) is 4.47 Å². The molecular formula is C13H16BrN5O. The van der Waals surface area contributed by atoms with Gasteiger partial charge in [-0.05, 0) is 34.7 Å². The molecule has 0 amide bonds. The van der Waals surface area contributed by atoms with Crippen LogP contribution in [0.25, 0.3) is 0 Å². The zero-order valence-corrected chi connectivity index (χ0v) is 12.6. The molecule has 0 spiro atoms. The summed E-state index contributed by atoms with van der Waals surface area (Å²) in [6.45, 7) is 2.23. The van der Waals surface area contributed by atoms with Gasteiger partial charge in [-0.1, -0.05) is 0 Å². The van der Waals surface area contributed by atoms with Gasteiger partial charge in [0, 0.05) is 32.0 Å². The number of nitrogens with zero attached hydrogens (tertiary/aromatic N) is 4. The smallest absolute Gasteiger partial charge is 0.283 e. The standard InChI is InChI=1S/C13H16BrN5O/c14-12-11(16-4-6-18-5-3-15-9-18)7-17-19(13(12)20)8-10-1-2-10/h3,5,7,9-10,16H,1-2,4,6,8H2. The minimum absolute atomic E-state index is 0.0652. The van der Waals surface area contributed by atoms with Crippen molar-refractivity contribution in [1.29, 1.82) is 0 Å². The third-order valence-corrected chi connectivity index (χ3v) is 4.12. The summed E-state index contributed by atoms with van der Waals surface area (Å²) in [6, 6.07) is 0. The number of hydrogen-bond acceptors (Lipinski definition) is 4. The summed E-state index contributed by atoms with van der Waals surface area (Å²) in [5, 5.41) is 7.44. The fourth-order valence-electron chi connectivity index (χ4n) is 2.00. The van der Waals surface area contributed by atoms with E-state index in [2.05, 4.69) is 31.3 Å². The summed E-state index contributed by atoms with van der Waals surface area (Å²) in [7, 11) is 0. The molecule has 0 unspecified atom stereocenters. The number of aromatic nitrogens is 4. The number of imidazole rings is 1. The van der Waals surface area contributed by atoms with Crippen molar-refractivity contribution in [3.8, 4) is 0 Å². The van der Waals surface area contributed by atoms with E-state index in [1.807, 2.05) is 10.8 Å². The quantitative estimate of drug-likeness (QED) is 0.871. The molecule has 0 aliphatic heterocycles. The number of halogens is 1. The molecule has 1 aliphatic rings. The van der Waals surface area contributed by atoms with Gasteiger partial charge in [-0.25, -0.2) is 9.67 Å². The van der Waals surface area contributed by atoms with Crippen molar-refractivity contribution in [2.75, 3.05) is 11.9 Å². The van der Waals surface area contributed by atoms with Crippen LogP contribution in [-0.2, 0) is 13.1 Å². The van der Waals surface area contributed by atoms with Crippen LogP contribution in [0.5, 0.6) is 0 Å². The van der Waals surface area contributed by atoms with Gasteiger partial charge in [0.25, 0.3) is 5.56 Å². The summed E-state index contributed by atoms with van der Waals surface area (Å²) in [6.07, 6.45) is 9.54. The predicted molar refractivity (Wildman–Crippen MR) is 79.6 cm³/mol. The zero-order chi connectivity index (χ0) is 13.9. The van der Waals surface area contributed by atoms with Crippen molar-refractivity contribution in [2.24, 2.45) is 5.92 Å². The second kappa shape index (κ2) is 5.78.